The number of imide groups is 2. The van der Waals surface area contributed by atoms with Gasteiger partial charge in [-0.25, -0.2) is 0 Å². The summed E-state index contributed by atoms with van der Waals surface area (Å²) in [5.74, 6) is -3.24. The Bertz CT molecular complexity index is 1760. The van der Waals surface area contributed by atoms with E-state index in [1.54, 1.807) is 59.3 Å². The number of carbonyl (C=O) groups excluding carboxylic acids is 6. The minimum absolute atomic E-state index is 0.137. The SMILES string of the molecule is Nc1cc[n+]2c(n1)O[C@@H]1[C@H](OC(=O)CCN3C(=O)c4ccccc4C3=O)[C@@H](COC(=O)CCN3C(=O)c4ccccc4C3=O)O[C@H]12. The largest absolute Gasteiger partial charge is 0.503 e. The van der Waals surface area contributed by atoms with Gasteiger partial charge in [0.05, 0.1) is 35.1 Å². The van der Waals surface area contributed by atoms with Crippen molar-refractivity contribution in [2.75, 3.05) is 25.4 Å². The maximum absolute atomic E-state index is 13.0. The second-order valence-electron chi connectivity index (χ2n) is 10.9. The highest BCUT2D eigenvalue weighted by Gasteiger charge is 2.58. The molecule has 46 heavy (non-hydrogen) atoms. The predicted molar refractivity (Wildman–Crippen MR) is 151 cm³/mol. The number of anilines is 1. The lowest BCUT2D eigenvalue weighted by Crippen LogP contribution is -2.42. The molecule has 15 heteroatoms. The smallest absolute Gasteiger partial charge is 0.463 e. The van der Waals surface area contributed by atoms with Crippen LogP contribution in [0, 0.1) is 0 Å². The van der Waals surface area contributed by atoms with Crippen LogP contribution in [-0.2, 0) is 23.8 Å². The van der Waals surface area contributed by atoms with Gasteiger partial charge in [-0.2, -0.15) is 4.57 Å². The maximum atomic E-state index is 13.0. The van der Waals surface area contributed by atoms with Gasteiger partial charge in [0, 0.05) is 24.1 Å². The molecular formula is C31H26N5O10+. The van der Waals surface area contributed by atoms with Gasteiger partial charge in [0.15, 0.2) is 6.10 Å². The summed E-state index contributed by atoms with van der Waals surface area (Å²) in [6.45, 7) is -0.734. The Labute approximate surface area is 260 Å². The van der Waals surface area contributed by atoms with Crippen molar-refractivity contribution in [2.45, 2.75) is 37.4 Å². The molecule has 2 aromatic carbocycles. The molecule has 4 aliphatic rings. The number of aromatic nitrogens is 2. The Morgan fingerprint density at radius 2 is 1.33 bits per heavy atom. The highest BCUT2D eigenvalue weighted by atomic mass is 16.7. The number of hydrogen-bond donors (Lipinski definition) is 1. The Balaban J connectivity index is 0.989. The van der Waals surface area contributed by atoms with E-state index in [4.69, 9.17) is 24.7 Å². The molecule has 7 rings (SSSR count). The summed E-state index contributed by atoms with van der Waals surface area (Å²) < 4.78 is 24.7. The van der Waals surface area contributed by atoms with Crippen LogP contribution >= 0.6 is 0 Å². The van der Waals surface area contributed by atoms with Crippen molar-refractivity contribution in [3.8, 4) is 6.01 Å². The highest BCUT2D eigenvalue weighted by molar-refractivity contribution is 6.22. The first-order valence-electron chi connectivity index (χ1n) is 14.5. The van der Waals surface area contributed by atoms with Gasteiger partial charge in [0.25, 0.3) is 23.6 Å². The van der Waals surface area contributed by atoms with Crippen LogP contribution in [0.15, 0.2) is 60.8 Å². The molecule has 4 amide bonds. The Morgan fingerprint density at radius 3 is 1.87 bits per heavy atom. The van der Waals surface area contributed by atoms with Gasteiger partial charge in [-0.15, -0.1) is 0 Å². The van der Waals surface area contributed by atoms with Gasteiger partial charge in [0.1, 0.15) is 18.9 Å². The molecule has 0 spiro atoms. The predicted octanol–water partition coefficient (Wildman–Crippen LogP) is 0.437. The summed E-state index contributed by atoms with van der Waals surface area (Å²) >= 11 is 0. The minimum atomic E-state index is -1.08. The van der Waals surface area contributed by atoms with Crippen LogP contribution in [0.1, 0.15) is 60.5 Å². The Morgan fingerprint density at radius 1 is 0.804 bits per heavy atom. The number of esters is 2. The average Bonchev–Trinajstić information content (AvgIpc) is 3.72. The number of hydrogen-bond acceptors (Lipinski definition) is 12. The fraction of sp³-hybridized carbons (Fsp3) is 0.290. The van der Waals surface area contributed by atoms with Crippen molar-refractivity contribution < 1.29 is 52.3 Å². The lowest BCUT2D eigenvalue weighted by Gasteiger charge is -2.22. The third kappa shape index (κ3) is 4.90. The van der Waals surface area contributed by atoms with E-state index in [2.05, 4.69) is 4.98 Å². The number of nitrogen functional groups attached to an aromatic ring is 1. The third-order valence-corrected chi connectivity index (χ3v) is 8.16. The number of ether oxygens (including phenoxy) is 4. The van der Waals surface area contributed by atoms with Crippen molar-refractivity contribution in [2.24, 2.45) is 0 Å². The molecule has 15 nitrogen and oxygen atoms in total. The Hall–Kier alpha value is -5.70. The molecule has 2 N–H and O–H groups in total. The van der Waals surface area contributed by atoms with Crippen LogP contribution in [0.5, 0.6) is 6.01 Å². The number of fused-ring (bicyclic) bond motifs is 5. The van der Waals surface area contributed by atoms with E-state index in [0.29, 0.717) is 0 Å². The lowest BCUT2D eigenvalue weighted by atomic mass is 10.1. The topological polar surface area (TPSA) is 189 Å². The first-order valence-corrected chi connectivity index (χ1v) is 14.5. The van der Waals surface area contributed by atoms with E-state index < -0.39 is 60.1 Å². The number of amides is 4. The fourth-order valence-corrected chi connectivity index (χ4v) is 5.91. The van der Waals surface area contributed by atoms with Crippen LogP contribution in [0.3, 0.4) is 0 Å². The molecule has 0 saturated carbocycles. The van der Waals surface area contributed by atoms with Gasteiger partial charge < -0.3 is 24.7 Å². The molecule has 1 saturated heterocycles. The second-order valence-corrected chi connectivity index (χ2v) is 10.9. The molecule has 0 radical (unpaired) electrons. The summed E-state index contributed by atoms with van der Waals surface area (Å²) in [4.78, 5) is 82.5. The van der Waals surface area contributed by atoms with Crippen LogP contribution in [0.2, 0.25) is 0 Å². The van der Waals surface area contributed by atoms with Gasteiger partial charge in [-0.1, -0.05) is 24.3 Å². The van der Waals surface area contributed by atoms with Crippen molar-refractivity contribution in [3.63, 3.8) is 0 Å². The second kappa shape index (κ2) is 11.3. The first-order chi connectivity index (χ1) is 22.2. The number of benzene rings is 2. The molecule has 1 fully saturated rings. The van der Waals surface area contributed by atoms with Gasteiger partial charge in [-0.05, 0) is 24.3 Å². The normalized spacial score (nSPS) is 22.3. The summed E-state index contributed by atoms with van der Waals surface area (Å²) in [6.07, 6.45) is -2.70. The summed E-state index contributed by atoms with van der Waals surface area (Å²) in [6, 6.07) is 14.5. The minimum Gasteiger partial charge on any atom is -0.463 e. The Kier molecular flexibility index (Phi) is 7.16. The molecule has 5 heterocycles. The van der Waals surface area contributed by atoms with Crippen LogP contribution in [0.25, 0.3) is 0 Å². The maximum Gasteiger partial charge on any atom is 0.503 e. The van der Waals surface area contributed by atoms with Crippen molar-refractivity contribution >= 4 is 41.4 Å². The quantitative estimate of drug-likeness (QED) is 0.196. The number of carbonyl (C=O) groups is 6. The lowest BCUT2D eigenvalue weighted by molar-refractivity contribution is -0.746. The van der Waals surface area contributed by atoms with Crippen molar-refractivity contribution in [3.05, 3.63) is 83.0 Å². The van der Waals surface area contributed by atoms with Crippen LogP contribution in [0.4, 0.5) is 5.82 Å². The molecule has 3 aromatic rings. The van der Waals surface area contributed by atoms with E-state index in [1.165, 1.54) is 6.07 Å². The van der Waals surface area contributed by atoms with E-state index >= 15 is 0 Å². The first kappa shape index (κ1) is 29.0. The molecule has 0 unspecified atom stereocenters. The van der Waals surface area contributed by atoms with Crippen molar-refractivity contribution in [1.29, 1.82) is 0 Å². The zero-order chi connectivity index (χ0) is 32.1. The van der Waals surface area contributed by atoms with E-state index in [1.807, 2.05) is 0 Å². The third-order valence-electron chi connectivity index (χ3n) is 8.16. The zero-order valence-corrected chi connectivity index (χ0v) is 24.1. The fourth-order valence-electron chi connectivity index (χ4n) is 5.91. The molecular weight excluding hydrogens is 602 g/mol. The number of rotatable bonds is 9. The average molecular weight is 629 g/mol. The van der Waals surface area contributed by atoms with Gasteiger partial charge in [0.2, 0.25) is 18.1 Å². The van der Waals surface area contributed by atoms with Gasteiger partial charge in [-0.3, -0.25) is 38.6 Å². The van der Waals surface area contributed by atoms with Crippen LogP contribution in [-0.4, -0.2) is 88.4 Å². The van der Waals surface area contributed by atoms with E-state index in [-0.39, 0.29) is 66.6 Å². The van der Waals surface area contributed by atoms with E-state index in [0.717, 1.165) is 9.80 Å². The monoisotopic (exact) mass is 628 g/mol. The molecule has 1 aromatic heterocycles. The van der Waals surface area contributed by atoms with Crippen molar-refractivity contribution in [1.82, 2.24) is 14.8 Å². The van der Waals surface area contributed by atoms with E-state index in [9.17, 15) is 28.8 Å². The summed E-state index contributed by atoms with van der Waals surface area (Å²) in [7, 11) is 0. The molecule has 0 bridgehead atoms. The highest BCUT2D eigenvalue weighted by Crippen LogP contribution is 2.36. The standard InChI is InChI=1S/C31H25N5O10/c32-21-9-12-36-30-25(46-31(36)33-21)24(45-23(38)11-14-35-28(41)18-7-3-4-8-19(18)29(35)42)20(44-30)15-43-22(37)10-13-34-26(39)16-5-1-2-6-17(16)27(34)40/h1-9,12,20,24-25,30,32H,10-11,13-15H2/p+1/t20-,24-,25-,30-/m1/s1. The number of nitrogens with two attached hydrogens (primary N) is 1. The van der Waals surface area contributed by atoms with Crippen LogP contribution < -0.4 is 15.0 Å². The summed E-state index contributed by atoms with van der Waals surface area (Å²) in [5, 5.41) is 0. The number of nitrogens with zero attached hydrogens (tertiary/aromatic N) is 4. The molecule has 0 aliphatic carbocycles. The molecule has 4 aliphatic heterocycles. The zero-order valence-electron chi connectivity index (χ0n) is 24.1. The molecule has 4 atom stereocenters. The molecule has 234 valence electrons. The van der Waals surface area contributed by atoms with Gasteiger partial charge >= 0.3 is 17.9 Å². The summed E-state index contributed by atoms with van der Waals surface area (Å²) in [5.41, 5.74) is 6.85.